The maximum absolute atomic E-state index is 10.6. The molecule has 2 aromatic rings. The molecule has 1 heterocycles. The van der Waals surface area contributed by atoms with Crippen LogP contribution in [-0.4, -0.2) is 32.6 Å². The maximum Gasteiger partial charge on any atom is 0.325 e. The van der Waals surface area contributed by atoms with Gasteiger partial charge >= 0.3 is 5.97 Å². The van der Waals surface area contributed by atoms with Crippen LogP contribution in [0.15, 0.2) is 30.5 Å². The molecular formula is C12H14N4O2. The van der Waals surface area contributed by atoms with Crippen molar-refractivity contribution in [1.29, 1.82) is 0 Å². The second-order valence-electron chi connectivity index (χ2n) is 3.81. The first-order valence-corrected chi connectivity index (χ1v) is 5.65. The molecule has 0 atom stereocenters. The second kappa shape index (κ2) is 5.31. The van der Waals surface area contributed by atoms with Gasteiger partial charge in [0.1, 0.15) is 12.2 Å². The zero-order chi connectivity index (χ0) is 13.0. The molecule has 0 aliphatic carbocycles. The van der Waals surface area contributed by atoms with Crippen molar-refractivity contribution in [3.05, 3.63) is 30.5 Å². The number of carbonyl (C=O) groups is 1. The van der Waals surface area contributed by atoms with Crippen LogP contribution in [0.5, 0.6) is 0 Å². The monoisotopic (exact) mass is 246 g/mol. The lowest BCUT2D eigenvalue weighted by molar-refractivity contribution is -0.137. The maximum atomic E-state index is 10.6. The highest BCUT2D eigenvalue weighted by Crippen LogP contribution is 2.20. The largest absolute Gasteiger partial charge is 0.480 e. The van der Waals surface area contributed by atoms with E-state index in [4.69, 9.17) is 5.11 Å². The van der Waals surface area contributed by atoms with Crippen molar-refractivity contribution in [3.8, 4) is 11.3 Å². The van der Waals surface area contributed by atoms with Gasteiger partial charge in [0.15, 0.2) is 0 Å². The minimum absolute atomic E-state index is 0.181. The van der Waals surface area contributed by atoms with E-state index in [0.29, 0.717) is 5.69 Å². The Morgan fingerprint density at radius 2 is 2.33 bits per heavy atom. The van der Waals surface area contributed by atoms with Crippen LogP contribution in [0.25, 0.3) is 11.3 Å². The average Bonchev–Trinajstić information content (AvgIpc) is 2.77. The Labute approximate surface area is 104 Å². The molecule has 6 nitrogen and oxygen atoms in total. The topological polar surface area (TPSA) is 80.0 Å². The molecule has 0 bridgehead atoms. The third kappa shape index (κ3) is 2.85. The first kappa shape index (κ1) is 12.1. The lowest BCUT2D eigenvalue weighted by Crippen LogP contribution is -2.08. The Morgan fingerprint density at radius 1 is 1.50 bits per heavy atom. The van der Waals surface area contributed by atoms with E-state index in [1.165, 1.54) is 4.68 Å². The number of benzene rings is 1. The Morgan fingerprint density at radius 3 is 3.06 bits per heavy atom. The van der Waals surface area contributed by atoms with Gasteiger partial charge in [0.2, 0.25) is 0 Å². The summed E-state index contributed by atoms with van der Waals surface area (Å²) in [6.07, 6.45) is 1.62. The van der Waals surface area contributed by atoms with Crippen molar-refractivity contribution in [2.24, 2.45) is 0 Å². The van der Waals surface area contributed by atoms with Crippen molar-refractivity contribution < 1.29 is 9.90 Å². The molecule has 0 saturated carbocycles. The first-order valence-electron chi connectivity index (χ1n) is 5.65. The molecule has 0 amide bonds. The third-order valence-electron chi connectivity index (χ3n) is 2.38. The van der Waals surface area contributed by atoms with E-state index < -0.39 is 5.97 Å². The van der Waals surface area contributed by atoms with Gasteiger partial charge in [-0.05, 0) is 19.1 Å². The summed E-state index contributed by atoms with van der Waals surface area (Å²) in [5, 5.41) is 19.6. The van der Waals surface area contributed by atoms with Crippen LogP contribution in [-0.2, 0) is 11.3 Å². The first-order chi connectivity index (χ1) is 8.69. The summed E-state index contributed by atoms with van der Waals surface area (Å²) in [5.41, 5.74) is 2.57. The Bertz CT molecular complexity index is 551. The predicted molar refractivity (Wildman–Crippen MR) is 67.3 cm³/mol. The lowest BCUT2D eigenvalue weighted by Gasteiger charge is -2.03. The molecule has 2 rings (SSSR count). The highest BCUT2D eigenvalue weighted by atomic mass is 16.4. The molecule has 2 N–H and O–H groups in total. The summed E-state index contributed by atoms with van der Waals surface area (Å²) in [5.74, 6) is -0.937. The van der Waals surface area contributed by atoms with Crippen LogP contribution in [0, 0.1) is 0 Å². The van der Waals surface area contributed by atoms with Gasteiger partial charge in [-0.2, -0.15) is 0 Å². The number of hydrogen-bond acceptors (Lipinski definition) is 4. The highest BCUT2D eigenvalue weighted by molar-refractivity contribution is 5.67. The molecule has 18 heavy (non-hydrogen) atoms. The summed E-state index contributed by atoms with van der Waals surface area (Å²) >= 11 is 0. The molecule has 0 fully saturated rings. The molecule has 6 heteroatoms. The van der Waals surface area contributed by atoms with Crippen LogP contribution in [0.4, 0.5) is 5.69 Å². The van der Waals surface area contributed by atoms with Crippen LogP contribution >= 0.6 is 0 Å². The van der Waals surface area contributed by atoms with Crippen LogP contribution in [0.2, 0.25) is 0 Å². The molecule has 1 aromatic carbocycles. The number of carboxylic acid groups (broad SMARTS) is 1. The number of anilines is 1. The fourth-order valence-corrected chi connectivity index (χ4v) is 1.64. The summed E-state index contributed by atoms with van der Waals surface area (Å²) in [7, 11) is 0. The third-order valence-corrected chi connectivity index (χ3v) is 2.38. The van der Waals surface area contributed by atoms with Gasteiger partial charge in [-0.1, -0.05) is 17.3 Å². The number of hydrogen-bond donors (Lipinski definition) is 2. The van der Waals surface area contributed by atoms with Gasteiger partial charge in [0.05, 0.1) is 6.20 Å². The highest BCUT2D eigenvalue weighted by Gasteiger charge is 2.06. The van der Waals surface area contributed by atoms with Gasteiger partial charge in [0, 0.05) is 17.8 Å². The van der Waals surface area contributed by atoms with Gasteiger partial charge in [-0.25, -0.2) is 4.68 Å². The van der Waals surface area contributed by atoms with E-state index in [2.05, 4.69) is 15.6 Å². The smallest absolute Gasteiger partial charge is 0.325 e. The molecule has 0 aliphatic rings. The van der Waals surface area contributed by atoms with E-state index in [1.54, 1.807) is 6.20 Å². The van der Waals surface area contributed by atoms with Crippen LogP contribution in [0.1, 0.15) is 6.92 Å². The molecular weight excluding hydrogens is 232 g/mol. The summed E-state index contributed by atoms with van der Waals surface area (Å²) in [6.45, 7) is 2.69. The van der Waals surface area contributed by atoms with E-state index in [0.717, 1.165) is 17.8 Å². The van der Waals surface area contributed by atoms with Crippen molar-refractivity contribution in [1.82, 2.24) is 15.0 Å². The van der Waals surface area contributed by atoms with Crippen LogP contribution < -0.4 is 5.32 Å². The van der Waals surface area contributed by atoms with Gasteiger partial charge in [-0.3, -0.25) is 4.79 Å². The molecule has 0 saturated heterocycles. The van der Waals surface area contributed by atoms with Gasteiger partial charge in [0.25, 0.3) is 0 Å². The van der Waals surface area contributed by atoms with E-state index in [9.17, 15) is 4.79 Å². The number of rotatable bonds is 5. The minimum Gasteiger partial charge on any atom is -0.480 e. The van der Waals surface area contributed by atoms with Gasteiger partial charge in [-0.15, -0.1) is 5.10 Å². The Balaban J connectivity index is 2.22. The normalized spacial score (nSPS) is 10.3. The average molecular weight is 246 g/mol. The van der Waals surface area contributed by atoms with E-state index in [1.807, 2.05) is 31.2 Å². The van der Waals surface area contributed by atoms with E-state index in [-0.39, 0.29) is 6.54 Å². The van der Waals surface area contributed by atoms with Gasteiger partial charge < -0.3 is 10.4 Å². The molecule has 0 spiro atoms. The van der Waals surface area contributed by atoms with Crippen molar-refractivity contribution in [2.75, 3.05) is 11.9 Å². The molecule has 0 radical (unpaired) electrons. The SMILES string of the molecule is CCNc1cccc(-c2cn(CC(=O)O)nn2)c1. The van der Waals surface area contributed by atoms with Crippen molar-refractivity contribution >= 4 is 11.7 Å². The van der Waals surface area contributed by atoms with Crippen LogP contribution in [0.3, 0.4) is 0 Å². The number of aromatic nitrogens is 3. The predicted octanol–water partition coefficient (Wildman–Crippen LogP) is 1.46. The van der Waals surface area contributed by atoms with Crippen molar-refractivity contribution in [3.63, 3.8) is 0 Å². The summed E-state index contributed by atoms with van der Waals surface area (Å²) < 4.78 is 1.30. The van der Waals surface area contributed by atoms with E-state index >= 15 is 0 Å². The van der Waals surface area contributed by atoms with Crippen molar-refractivity contribution in [2.45, 2.75) is 13.5 Å². The molecule has 94 valence electrons. The second-order valence-corrected chi connectivity index (χ2v) is 3.81. The zero-order valence-corrected chi connectivity index (χ0v) is 10.00. The summed E-state index contributed by atoms with van der Waals surface area (Å²) in [4.78, 5) is 10.6. The standard InChI is InChI=1S/C12H14N4O2/c1-2-13-10-5-3-4-9(6-10)11-7-16(15-14-11)8-12(17)18/h3-7,13H,2,8H2,1H3,(H,17,18). The lowest BCUT2D eigenvalue weighted by atomic mass is 10.1. The minimum atomic E-state index is -0.937. The fourth-order valence-electron chi connectivity index (χ4n) is 1.64. The molecule has 0 aliphatic heterocycles. The Hall–Kier alpha value is -2.37. The number of nitrogens with zero attached hydrogens (tertiary/aromatic N) is 3. The molecule has 0 unspecified atom stereocenters. The fraction of sp³-hybridized carbons (Fsp3) is 0.250. The summed E-state index contributed by atoms with van der Waals surface area (Å²) in [6, 6.07) is 7.76. The molecule has 1 aromatic heterocycles. The zero-order valence-electron chi connectivity index (χ0n) is 10.00. The quantitative estimate of drug-likeness (QED) is 0.834. The number of aliphatic carboxylic acids is 1. The number of carboxylic acids is 1. The Kier molecular flexibility index (Phi) is 3.57. The number of nitrogens with one attached hydrogen (secondary N) is 1.